The van der Waals surface area contributed by atoms with Gasteiger partial charge in [0.15, 0.2) is 0 Å². The van der Waals surface area contributed by atoms with Gasteiger partial charge in [0.05, 0.1) is 25.9 Å². The van der Waals surface area contributed by atoms with Gasteiger partial charge in [0, 0.05) is 17.3 Å². The van der Waals surface area contributed by atoms with Gasteiger partial charge in [-0.25, -0.2) is 0 Å². The van der Waals surface area contributed by atoms with Crippen molar-refractivity contribution in [1.82, 2.24) is 0 Å². The van der Waals surface area contributed by atoms with Crippen molar-refractivity contribution in [2.24, 2.45) is 0 Å². The lowest BCUT2D eigenvalue weighted by atomic mass is 10.1. The molecule has 0 bridgehead atoms. The Kier molecular flexibility index (Phi) is 4.26. The van der Waals surface area contributed by atoms with Crippen molar-refractivity contribution < 1.29 is 9.84 Å². The number of aliphatic hydroxyl groups excluding tert-OH is 1. The van der Waals surface area contributed by atoms with Gasteiger partial charge in [0.1, 0.15) is 0 Å². The van der Waals surface area contributed by atoms with Crippen LogP contribution in [0, 0.1) is 0 Å². The Labute approximate surface area is 107 Å². The number of morpholine rings is 1. The minimum absolute atomic E-state index is 0.0145. The van der Waals surface area contributed by atoms with E-state index in [4.69, 9.17) is 21.4 Å². The van der Waals surface area contributed by atoms with Gasteiger partial charge in [-0.2, -0.15) is 0 Å². The predicted molar refractivity (Wildman–Crippen MR) is 69.6 cm³/mol. The van der Waals surface area contributed by atoms with Crippen LogP contribution in [0.4, 0.5) is 5.69 Å². The van der Waals surface area contributed by atoms with Crippen LogP contribution in [0.3, 0.4) is 0 Å². The Balaban J connectivity index is 2.23. The third-order valence-electron chi connectivity index (χ3n) is 3.24. The average molecular weight is 256 g/mol. The van der Waals surface area contributed by atoms with Crippen molar-refractivity contribution >= 4 is 17.3 Å². The molecule has 1 saturated heterocycles. The molecule has 4 heteroatoms. The highest BCUT2D eigenvalue weighted by atomic mass is 35.5. The number of benzene rings is 1. The van der Waals surface area contributed by atoms with E-state index in [9.17, 15) is 0 Å². The molecule has 17 heavy (non-hydrogen) atoms. The van der Waals surface area contributed by atoms with Crippen LogP contribution in [-0.2, 0) is 11.3 Å². The van der Waals surface area contributed by atoms with Crippen LogP contribution in [-0.4, -0.2) is 30.9 Å². The van der Waals surface area contributed by atoms with E-state index in [1.165, 1.54) is 0 Å². The minimum Gasteiger partial charge on any atom is -0.392 e. The summed E-state index contributed by atoms with van der Waals surface area (Å²) in [5, 5.41) is 9.73. The number of hydrogen-bond donors (Lipinski definition) is 1. The molecule has 1 aromatic carbocycles. The highest BCUT2D eigenvalue weighted by Crippen LogP contribution is 2.27. The van der Waals surface area contributed by atoms with Crippen LogP contribution in [0.2, 0.25) is 5.02 Å². The molecule has 1 N–H and O–H groups in total. The minimum atomic E-state index is -0.0145. The summed E-state index contributed by atoms with van der Waals surface area (Å²) in [6, 6.07) is 6.26. The van der Waals surface area contributed by atoms with Gasteiger partial charge in [-0.3, -0.25) is 0 Å². The van der Waals surface area contributed by atoms with Gasteiger partial charge in [-0.05, 0) is 24.1 Å². The molecule has 1 aliphatic rings. The van der Waals surface area contributed by atoms with E-state index in [0.717, 1.165) is 37.4 Å². The molecule has 1 unspecified atom stereocenters. The summed E-state index contributed by atoms with van der Waals surface area (Å²) in [5.74, 6) is 0. The lowest BCUT2D eigenvalue weighted by Crippen LogP contribution is -2.45. The fourth-order valence-corrected chi connectivity index (χ4v) is 2.41. The zero-order chi connectivity index (χ0) is 12.3. The van der Waals surface area contributed by atoms with E-state index in [1.54, 1.807) is 0 Å². The molecule has 1 fully saturated rings. The van der Waals surface area contributed by atoms with Gasteiger partial charge < -0.3 is 14.7 Å². The smallest absolute Gasteiger partial charge is 0.0696 e. The molecule has 0 saturated carbocycles. The van der Waals surface area contributed by atoms with E-state index >= 15 is 0 Å². The van der Waals surface area contributed by atoms with Crippen molar-refractivity contribution in [2.75, 3.05) is 24.7 Å². The molecular formula is C13H18ClNO2. The van der Waals surface area contributed by atoms with Gasteiger partial charge in [0.25, 0.3) is 0 Å². The van der Waals surface area contributed by atoms with Crippen molar-refractivity contribution in [2.45, 2.75) is 26.0 Å². The van der Waals surface area contributed by atoms with Gasteiger partial charge in [-0.15, -0.1) is 0 Å². The molecule has 1 aromatic rings. The largest absolute Gasteiger partial charge is 0.392 e. The second kappa shape index (κ2) is 5.71. The quantitative estimate of drug-likeness (QED) is 0.901. The topological polar surface area (TPSA) is 32.7 Å². The fraction of sp³-hybridized carbons (Fsp3) is 0.538. The van der Waals surface area contributed by atoms with E-state index in [2.05, 4.69) is 11.8 Å². The van der Waals surface area contributed by atoms with Crippen molar-refractivity contribution in [3.05, 3.63) is 28.8 Å². The normalized spacial score (nSPS) is 20.6. The number of ether oxygens (including phenoxy) is 1. The third kappa shape index (κ3) is 2.73. The van der Waals surface area contributed by atoms with Crippen LogP contribution in [0.5, 0.6) is 0 Å². The summed E-state index contributed by atoms with van der Waals surface area (Å²) in [7, 11) is 0. The second-order valence-electron chi connectivity index (χ2n) is 4.26. The van der Waals surface area contributed by atoms with E-state index in [1.807, 2.05) is 18.2 Å². The SMILES string of the molecule is CCC1COCCN1c1ccc(CO)c(Cl)c1. The summed E-state index contributed by atoms with van der Waals surface area (Å²) in [6.45, 7) is 4.58. The van der Waals surface area contributed by atoms with Crippen LogP contribution >= 0.6 is 11.6 Å². The summed E-state index contributed by atoms with van der Waals surface area (Å²) >= 11 is 6.12. The first kappa shape index (κ1) is 12.7. The lowest BCUT2D eigenvalue weighted by molar-refractivity contribution is 0.0930. The van der Waals surface area contributed by atoms with E-state index in [0.29, 0.717) is 11.1 Å². The fourth-order valence-electron chi connectivity index (χ4n) is 2.18. The Morgan fingerprint density at radius 1 is 1.53 bits per heavy atom. The van der Waals surface area contributed by atoms with Crippen LogP contribution in [0.1, 0.15) is 18.9 Å². The molecule has 0 amide bonds. The standard InChI is InChI=1S/C13H18ClNO2/c1-2-11-9-17-6-5-15(11)12-4-3-10(8-16)13(14)7-12/h3-4,7,11,16H,2,5-6,8-9H2,1H3. The van der Waals surface area contributed by atoms with E-state index in [-0.39, 0.29) is 6.61 Å². The van der Waals surface area contributed by atoms with Crippen LogP contribution in [0.25, 0.3) is 0 Å². The predicted octanol–water partition coefficient (Wildman–Crippen LogP) is 2.45. The maximum Gasteiger partial charge on any atom is 0.0696 e. The third-order valence-corrected chi connectivity index (χ3v) is 3.59. The first-order valence-electron chi connectivity index (χ1n) is 6.00. The zero-order valence-electron chi connectivity index (χ0n) is 10.0. The van der Waals surface area contributed by atoms with Crippen molar-refractivity contribution in [1.29, 1.82) is 0 Å². The Morgan fingerprint density at radius 2 is 2.35 bits per heavy atom. The number of hydrogen-bond acceptors (Lipinski definition) is 3. The van der Waals surface area contributed by atoms with E-state index < -0.39 is 0 Å². The maximum absolute atomic E-state index is 9.10. The molecule has 0 radical (unpaired) electrons. The van der Waals surface area contributed by atoms with Crippen LogP contribution in [0.15, 0.2) is 18.2 Å². The first-order chi connectivity index (χ1) is 8.26. The number of rotatable bonds is 3. The Morgan fingerprint density at radius 3 is 3.00 bits per heavy atom. The molecule has 0 aromatic heterocycles. The van der Waals surface area contributed by atoms with Gasteiger partial charge in [0.2, 0.25) is 0 Å². The molecular weight excluding hydrogens is 238 g/mol. The summed E-state index contributed by atoms with van der Waals surface area (Å²) in [5.41, 5.74) is 1.89. The molecule has 1 aliphatic heterocycles. The number of nitrogens with zero attached hydrogens (tertiary/aromatic N) is 1. The van der Waals surface area contributed by atoms with Crippen molar-refractivity contribution in [3.8, 4) is 0 Å². The molecule has 1 heterocycles. The molecule has 94 valence electrons. The lowest BCUT2D eigenvalue weighted by Gasteiger charge is -2.37. The first-order valence-corrected chi connectivity index (χ1v) is 6.37. The highest BCUT2D eigenvalue weighted by Gasteiger charge is 2.21. The van der Waals surface area contributed by atoms with Crippen molar-refractivity contribution in [3.63, 3.8) is 0 Å². The highest BCUT2D eigenvalue weighted by molar-refractivity contribution is 6.31. The molecule has 0 aliphatic carbocycles. The summed E-state index contributed by atoms with van der Waals surface area (Å²) < 4.78 is 5.49. The Bertz CT molecular complexity index is 384. The molecule has 3 nitrogen and oxygen atoms in total. The Hall–Kier alpha value is -0.770. The number of anilines is 1. The average Bonchev–Trinajstić information content (AvgIpc) is 2.38. The zero-order valence-corrected chi connectivity index (χ0v) is 10.8. The molecule has 2 rings (SSSR count). The van der Waals surface area contributed by atoms with Gasteiger partial charge in [-0.1, -0.05) is 24.6 Å². The second-order valence-corrected chi connectivity index (χ2v) is 4.67. The number of halogens is 1. The van der Waals surface area contributed by atoms with Crippen LogP contribution < -0.4 is 4.90 Å². The summed E-state index contributed by atoms with van der Waals surface area (Å²) in [4.78, 5) is 2.33. The maximum atomic E-state index is 9.10. The molecule has 1 atom stereocenters. The monoisotopic (exact) mass is 255 g/mol. The number of aliphatic hydroxyl groups is 1. The summed E-state index contributed by atoms with van der Waals surface area (Å²) in [6.07, 6.45) is 1.05. The van der Waals surface area contributed by atoms with Gasteiger partial charge >= 0.3 is 0 Å². The molecule has 0 spiro atoms.